The van der Waals surface area contributed by atoms with Gasteiger partial charge in [-0.25, -0.2) is 8.42 Å². The van der Waals surface area contributed by atoms with Crippen molar-refractivity contribution in [3.8, 4) is 0 Å². The summed E-state index contributed by atoms with van der Waals surface area (Å²) in [5, 5.41) is 3.24. The van der Waals surface area contributed by atoms with Crippen LogP contribution in [0.5, 0.6) is 0 Å². The van der Waals surface area contributed by atoms with Gasteiger partial charge in [-0.3, -0.25) is 4.79 Å². The van der Waals surface area contributed by atoms with Crippen molar-refractivity contribution < 1.29 is 13.2 Å². The van der Waals surface area contributed by atoms with E-state index in [1.165, 1.54) is 15.4 Å². The summed E-state index contributed by atoms with van der Waals surface area (Å²) < 4.78 is 27.6. The predicted molar refractivity (Wildman–Crippen MR) is 122 cm³/mol. The Morgan fingerprint density at radius 1 is 1.00 bits per heavy atom. The highest BCUT2D eigenvalue weighted by Gasteiger charge is 2.33. The van der Waals surface area contributed by atoms with Crippen molar-refractivity contribution in [1.29, 1.82) is 0 Å². The molecular formula is C25H32N2O3S. The third-order valence-electron chi connectivity index (χ3n) is 6.70. The smallest absolute Gasteiger partial charge is 0.243 e. The molecule has 1 amide bonds. The average molecular weight is 441 g/mol. The lowest BCUT2D eigenvalue weighted by molar-refractivity contribution is -0.127. The number of hydrogen-bond donors (Lipinski definition) is 1. The molecule has 6 heteroatoms. The molecular weight excluding hydrogens is 408 g/mol. The van der Waals surface area contributed by atoms with Crippen molar-refractivity contribution in [3.63, 3.8) is 0 Å². The molecule has 166 valence electrons. The maximum absolute atomic E-state index is 13.0. The van der Waals surface area contributed by atoms with Crippen molar-refractivity contribution in [2.24, 2.45) is 5.92 Å². The van der Waals surface area contributed by atoms with Gasteiger partial charge in [0.1, 0.15) is 0 Å². The molecule has 0 radical (unpaired) electrons. The Kier molecular flexibility index (Phi) is 6.49. The molecule has 1 unspecified atom stereocenters. The van der Waals surface area contributed by atoms with E-state index in [2.05, 4.69) is 37.4 Å². The van der Waals surface area contributed by atoms with Crippen LogP contribution >= 0.6 is 0 Å². The van der Waals surface area contributed by atoms with E-state index in [1.54, 1.807) is 12.1 Å². The van der Waals surface area contributed by atoms with Gasteiger partial charge in [-0.05, 0) is 66.8 Å². The van der Waals surface area contributed by atoms with Gasteiger partial charge < -0.3 is 5.32 Å². The zero-order valence-electron chi connectivity index (χ0n) is 18.4. The van der Waals surface area contributed by atoms with E-state index in [1.807, 2.05) is 18.2 Å². The minimum absolute atomic E-state index is 0.0556. The Hall–Kier alpha value is -2.18. The fraction of sp³-hybridized carbons (Fsp3) is 0.480. The zero-order valence-corrected chi connectivity index (χ0v) is 19.2. The Bertz CT molecular complexity index is 1020. The minimum atomic E-state index is -3.52. The number of sulfonamides is 1. The Morgan fingerprint density at radius 2 is 1.68 bits per heavy atom. The van der Waals surface area contributed by atoms with Crippen LogP contribution in [0.4, 0.5) is 0 Å². The molecule has 1 heterocycles. The van der Waals surface area contributed by atoms with Crippen LogP contribution in [0.2, 0.25) is 0 Å². The third kappa shape index (κ3) is 4.70. The number of fused-ring (bicyclic) bond motifs is 1. The molecule has 4 rings (SSSR count). The monoisotopic (exact) mass is 440 g/mol. The average Bonchev–Trinajstić information content (AvgIpc) is 2.79. The number of rotatable bonds is 5. The first kappa shape index (κ1) is 22.0. The zero-order chi connectivity index (χ0) is 22.0. The lowest BCUT2D eigenvalue weighted by Crippen LogP contribution is -2.44. The van der Waals surface area contributed by atoms with Gasteiger partial charge in [0.2, 0.25) is 15.9 Å². The first-order valence-corrected chi connectivity index (χ1v) is 12.8. The number of hydrogen-bond acceptors (Lipinski definition) is 3. The van der Waals surface area contributed by atoms with Crippen LogP contribution in [0.3, 0.4) is 0 Å². The highest BCUT2D eigenvalue weighted by atomic mass is 32.2. The first-order chi connectivity index (χ1) is 14.9. The van der Waals surface area contributed by atoms with Crippen molar-refractivity contribution in [3.05, 3.63) is 65.2 Å². The number of nitrogens with zero attached hydrogens (tertiary/aromatic N) is 1. The van der Waals surface area contributed by atoms with E-state index < -0.39 is 10.0 Å². The second-order valence-corrected chi connectivity index (χ2v) is 11.0. The summed E-state index contributed by atoms with van der Waals surface area (Å²) in [5.74, 6) is 0.283. The maximum Gasteiger partial charge on any atom is 0.243 e. The van der Waals surface area contributed by atoms with Gasteiger partial charge in [0.25, 0.3) is 0 Å². The summed E-state index contributed by atoms with van der Waals surface area (Å²) in [6, 6.07) is 15.6. The number of benzene rings is 2. The van der Waals surface area contributed by atoms with E-state index in [-0.39, 0.29) is 17.9 Å². The molecule has 2 aliphatic rings. The van der Waals surface area contributed by atoms with Crippen LogP contribution in [0, 0.1) is 5.92 Å². The summed E-state index contributed by atoms with van der Waals surface area (Å²) in [7, 11) is -3.52. The first-order valence-electron chi connectivity index (χ1n) is 11.3. The molecule has 1 aliphatic heterocycles. The molecule has 0 aromatic heterocycles. The molecule has 1 N–H and O–H groups in total. The number of nitrogens with one attached hydrogen (secondary N) is 1. The molecule has 0 spiro atoms. The second kappa shape index (κ2) is 9.13. The second-order valence-electron chi connectivity index (χ2n) is 9.05. The van der Waals surface area contributed by atoms with Gasteiger partial charge in [-0.1, -0.05) is 50.2 Å². The van der Waals surface area contributed by atoms with Crippen molar-refractivity contribution in [2.75, 3.05) is 13.1 Å². The maximum atomic E-state index is 13.0. The molecule has 5 nitrogen and oxygen atoms in total. The summed E-state index contributed by atoms with van der Waals surface area (Å²) >= 11 is 0. The number of amides is 1. The fourth-order valence-corrected chi connectivity index (χ4v) is 6.20. The van der Waals surface area contributed by atoms with Crippen LogP contribution in [-0.4, -0.2) is 31.7 Å². The van der Waals surface area contributed by atoms with E-state index in [4.69, 9.17) is 0 Å². The SMILES string of the molecule is CC(C)c1ccc(S(=O)(=O)N2CCC(C(=O)NC3CCCc4ccccc43)CC2)cc1. The minimum Gasteiger partial charge on any atom is -0.349 e. The van der Waals surface area contributed by atoms with Crippen LogP contribution < -0.4 is 5.32 Å². The highest BCUT2D eigenvalue weighted by Crippen LogP contribution is 2.31. The fourth-order valence-electron chi connectivity index (χ4n) is 4.73. The van der Waals surface area contributed by atoms with Crippen LogP contribution in [-0.2, 0) is 21.2 Å². The van der Waals surface area contributed by atoms with Crippen LogP contribution in [0.15, 0.2) is 53.4 Å². The number of carbonyl (C=O) groups excluding carboxylic acids is 1. The lowest BCUT2D eigenvalue weighted by Gasteiger charge is -2.32. The van der Waals surface area contributed by atoms with E-state index >= 15 is 0 Å². The largest absolute Gasteiger partial charge is 0.349 e. The van der Waals surface area contributed by atoms with Gasteiger partial charge in [0.05, 0.1) is 10.9 Å². The van der Waals surface area contributed by atoms with Gasteiger partial charge in [-0.15, -0.1) is 0 Å². The molecule has 1 saturated heterocycles. The molecule has 1 fully saturated rings. The van der Waals surface area contributed by atoms with Crippen LogP contribution in [0.25, 0.3) is 0 Å². The number of carbonyl (C=O) groups is 1. The summed E-state index contributed by atoms with van der Waals surface area (Å²) in [5.41, 5.74) is 3.68. The summed E-state index contributed by atoms with van der Waals surface area (Å²) in [6.45, 7) is 4.94. The van der Waals surface area contributed by atoms with Crippen molar-refractivity contribution in [1.82, 2.24) is 9.62 Å². The molecule has 31 heavy (non-hydrogen) atoms. The van der Waals surface area contributed by atoms with Crippen molar-refractivity contribution in [2.45, 2.75) is 62.8 Å². The Balaban J connectivity index is 1.37. The number of aryl methyl sites for hydroxylation is 1. The van der Waals surface area contributed by atoms with E-state index in [0.717, 1.165) is 24.8 Å². The molecule has 1 aliphatic carbocycles. The molecule has 0 bridgehead atoms. The Labute approximate surface area is 185 Å². The summed E-state index contributed by atoms with van der Waals surface area (Å²) in [4.78, 5) is 13.3. The van der Waals surface area contributed by atoms with Gasteiger partial charge in [0.15, 0.2) is 0 Å². The third-order valence-corrected chi connectivity index (χ3v) is 8.61. The number of piperidine rings is 1. The molecule has 2 aromatic carbocycles. The predicted octanol–water partition coefficient (Wildman–Crippen LogP) is 4.40. The van der Waals surface area contributed by atoms with Gasteiger partial charge in [-0.2, -0.15) is 4.31 Å². The Morgan fingerprint density at radius 3 is 2.35 bits per heavy atom. The van der Waals surface area contributed by atoms with Gasteiger partial charge in [0, 0.05) is 19.0 Å². The lowest BCUT2D eigenvalue weighted by atomic mass is 9.87. The molecule has 2 aromatic rings. The van der Waals surface area contributed by atoms with Crippen molar-refractivity contribution >= 4 is 15.9 Å². The topological polar surface area (TPSA) is 66.5 Å². The van der Waals surface area contributed by atoms with E-state index in [0.29, 0.717) is 36.7 Å². The van der Waals surface area contributed by atoms with Crippen LogP contribution in [0.1, 0.15) is 68.2 Å². The molecule has 0 saturated carbocycles. The highest BCUT2D eigenvalue weighted by molar-refractivity contribution is 7.89. The van der Waals surface area contributed by atoms with E-state index in [9.17, 15) is 13.2 Å². The normalized spacial score (nSPS) is 20.4. The molecule has 1 atom stereocenters. The summed E-state index contributed by atoms with van der Waals surface area (Å²) in [6.07, 6.45) is 4.22. The van der Waals surface area contributed by atoms with Gasteiger partial charge >= 0.3 is 0 Å². The standard InChI is InChI=1S/C25H32N2O3S/c1-18(2)19-10-12-22(13-11-19)31(29,30)27-16-14-21(15-17-27)25(28)26-24-9-5-7-20-6-3-4-8-23(20)24/h3-4,6,8,10-13,18,21,24H,5,7,9,14-17H2,1-2H3,(H,26,28). The quantitative estimate of drug-likeness (QED) is 0.749.